The maximum atomic E-state index is 14.2. The van der Waals surface area contributed by atoms with Gasteiger partial charge in [-0.3, -0.25) is 0 Å². The van der Waals surface area contributed by atoms with Crippen molar-refractivity contribution in [3.63, 3.8) is 0 Å². The van der Waals surface area contributed by atoms with E-state index in [9.17, 15) is 8.78 Å². The zero-order valence-corrected chi connectivity index (χ0v) is 13.0. The van der Waals surface area contributed by atoms with Gasteiger partial charge in [-0.25, -0.2) is 0 Å². The van der Waals surface area contributed by atoms with Crippen LogP contribution >= 0.6 is 11.8 Å². The van der Waals surface area contributed by atoms with Crippen LogP contribution in [0.3, 0.4) is 0 Å². The van der Waals surface area contributed by atoms with Crippen molar-refractivity contribution in [2.24, 2.45) is 0 Å². The molecule has 0 saturated carbocycles. The van der Waals surface area contributed by atoms with Gasteiger partial charge in [0.2, 0.25) is 0 Å². The van der Waals surface area contributed by atoms with Gasteiger partial charge in [0.05, 0.1) is 19.8 Å². The molecule has 0 bridgehead atoms. The number of benzene rings is 1. The lowest BCUT2D eigenvalue weighted by Crippen LogP contribution is -2.33. The van der Waals surface area contributed by atoms with Crippen molar-refractivity contribution in [1.29, 1.82) is 0 Å². The van der Waals surface area contributed by atoms with E-state index in [1.807, 2.05) is 6.92 Å². The highest BCUT2D eigenvalue weighted by atomic mass is 32.2. The molecule has 2 rings (SSSR count). The van der Waals surface area contributed by atoms with Gasteiger partial charge >= 0.3 is 5.25 Å². The zero-order valence-electron chi connectivity index (χ0n) is 12.2. The van der Waals surface area contributed by atoms with Crippen molar-refractivity contribution >= 4 is 11.8 Å². The zero-order chi connectivity index (χ0) is 15.5. The summed E-state index contributed by atoms with van der Waals surface area (Å²) in [5.74, 6) is 0.647. The molecule has 0 aliphatic carbocycles. The van der Waals surface area contributed by atoms with Crippen LogP contribution in [-0.2, 0) is 4.74 Å². The minimum atomic E-state index is -2.93. The summed E-state index contributed by atoms with van der Waals surface area (Å²) in [6, 6.07) is 6.60. The molecule has 0 N–H and O–H groups in total. The van der Waals surface area contributed by atoms with Crippen LogP contribution in [0, 0.1) is 0 Å². The Kier molecular flexibility index (Phi) is 4.61. The van der Waals surface area contributed by atoms with E-state index < -0.39 is 17.3 Å². The molecule has 2 nitrogen and oxygen atoms in total. The van der Waals surface area contributed by atoms with Crippen LogP contribution in [0.2, 0.25) is 0 Å². The van der Waals surface area contributed by atoms with E-state index >= 15 is 0 Å². The molecule has 1 aliphatic heterocycles. The number of thioether (sulfide) groups is 1. The summed E-state index contributed by atoms with van der Waals surface area (Å²) in [6.07, 6.45) is 4.58. The van der Waals surface area contributed by atoms with Gasteiger partial charge in [0, 0.05) is 4.90 Å². The van der Waals surface area contributed by atoms with E-state index in [-0.39, 0.29) is 0 Å². The van der Waals surface area contributed by atoms with Crippen molar-refractivity contribution in [2.45, 2.75) is 36.0 Å². The predicted molar refractivity (Wildman–Crippen MR) is 80.8 cm³/mol. The van der Waals surface area contributed by atoms with Gasteiger partial charge in [-0.15, -0.1) is 0 Å². The molecule has 21 heavy (non-hydrogen) atoms. The molecule has 1 aromatic carbocycles. The quantitative estimate of drug-likeness (QED) is 0.711. The molecule has 1 aromatic rings. The highest BCUT2D eigenvalue weighted by Gasteiger charge is 2.41. The number of ether oxygens (including phenoxy) is 2. The highest BCUT2D eigenvalue weighted by molar-refractivity contribution is 8.00. The maximum absolute atomic E-state index is 14.2. The van der Waals surface area contributed by atoms with Gasteiger partial charge in [-0.05, 0) is 55.8 Å². The van der Waals surface area contributed by atoms with E-state index in [2.05, 4.69) is 0 Å². The largest absolute Gasteiger partial charge is 0.497 e. The standard InChI is InChI=1S/C16H18F2O2S/c1-12-8-9-20-15(2,10-12)11-16(17,18)21-14-6-4-13(19-3)5-7-14/h4-10H,11H2,1-3H3. The molecule has 1 heterocycles. The number of halogens is 2. The second-order valence-corrected chi connectivity index (χ2v) is 6.49. The lowest BCUT2D eigenvalue weighted by molar-refractivity contribution is -0.00824. The molecule has 0 spiro atoms. The highest BCUT2D eigenvalue weighted by Crippen LogP contribution is 2.43. The molecular weight excluding hydrogens is 294 g/mol. The first-order valence-corrected chi connectivity index (χ1v) is 7.38. The number of methoxy groups -OCH3 is 1. The summed E-state index contributed by atoms with van der Waals surface area (Å²) < 4.78 is 38.9. The number of alkyl halides is 2. The molecular formula is C16H18F2O2S. The third-order valence-electron chi connectivity index (χ3n) is 3.08. The Hall–Kier alpha value is -1.49. The molecule has 0 aromatic heterocycles. The Morgan fingerprint density at radius 1 is 1.29 bits per heavy atom. The summed E-state index contributed by atoms with van der Waals surface area (Å²) in [5.41, 5.74) is -0.0593. The molecule has 0 radical (unpaired) electrons. The van der Waals surface area contributed by atoms with Gasteiger partial charge in [0.1, 0.15) is 11.4 Å². The average molecular weight is 312 g/mol. The van der Waals surface area contributed by atoms with Crippen molar-refractivity contribution < 1.29 is 18.3 Å². The molecule has 5 heteroatoms. The van der Waals surface area contributed by atoms with Crippen LogP contribution in [-0.4, -0.2) is 18.0 Å². The second kappa shape index (κ2) is 6.10. The first-order chi connectivity index (χ1) is 9.82. The lowest BCUT2D eigenvalue weighted by atomic mass is 9.97. The normalized spacial score (nSPS) is 21.7. The predicted octanol–water partition coefficient (Wildman–Crippen LogP) is 5.02. The fraction of sp³-hybridized carbons (Fsp3) is 0.375. The fourth-order valence-corrected chi connectivity index (χ4v) is 3.19. The SMILES string of the molecule is COc1ccc(SC(F)(F)CC2(C)C=C(C)C=CO2)cc1. The number of hydrogen-bond donors (Lipinski definition) is 0. The van der Waals surface area contributed by atoms with Crippen molar-refractivity contribution in [3.05, 3.63) is 48.3 Å². The van der Waals surface area contributed by atoms with Crippen LogP contribution in [0.15, 0.2) is 53.1 Å². The van der Waals surface area contributed by atoms with E-state index in [1.165, 1.54) is 6.26 Å². The Labute approximate surface area is 127 Å². The molecule has 114 valence electrons. The van der Waals surface area contributed by atoms with Crippen LogP contribution in [0.25, 0.3) is 0 Å². The monoisotopic (exact) mass is 312 g/mol. The first kappa shape index (κ1) is 15.9. The van der Waals surface area contributed by atoms with E-state index in [0.717, 1.165) is 5.57 Å². The van der Waals surface area contributed by atoms with Gasteiger partial charge in [-0.1, -0.05) is 11.8 Å². The summed E-state index contributed by atoms with van der Waals surface area (Å²) in [7, 11) is 1.54. The summed E-state index contributed by atoms with van der Waals surface area (Å²) in [6.45, 7) is 3.54. The number of hydrogen-bond acceptors (Lipinski definition) is 3. The third-order valence-corrected chi connectivity index (χ3v) is 4.04. The average Bonchev–Trinajstić information content (AvgIpc) is 2.37. The van der Waals surface area contributed by atoms with Crippen LogP contribution in [0.4, 0.5) is 8.78 Å². The molecule has 1 atom stereocenters. The van der Waals surface area contributed by atoms with E-state index in [0.29, 0.717) is 22.4 Å². The van der Waals surface area contributed by atoms with Crippen LogP contribution in [0.5, 0.6) is 5.75 Å². The number of rotatable bonds is 5. The maximum Gasteiger partial charge on any atom is 0.302 e. The van der Waals surface area contributed by atoms with Crippen molar-refractivity contribution in [1.82, 2.24) is 0 Å². The third kappa shape index (κ3) is 4.49. The molecule has 1 unspecified atom stereocenters. The number of allylic oxidation sites excluding steroid dienone is 2. The Balaban J connectivity index is 2.05. The molecule has 0 saturated heterocycles. The van der Waals surface area contributed by atoms with Gasteiger partial charge in [0.15, 0.2) is 0 Å². The molecule has 1 aliphatic rings. The topological polar surface area (TPSA) is 18.5 Å². The van der Waals surface area contributed by atoms with Crippen LogP contribution in [0.1, 0.15) is 20.3 Å². The Morgan fingerprint density at radius 3 is 2.52 bits per heavy atom. The first-order valence-electron chi connectivity index (χ1n) is 6.57. The van der Waals surface area contributed by atoms with Crippen molar-refractivity contribution in [2.75, 3.05) is 7.11 Å². The van der Waals surface area contributed by atoms with E-state index in [1.54, 1.807) is 50.5 Å². The molecule has 0 fully saturated rings. The minimum absolute atomic E-state index is 0.391. The van der Waals surface area contributed by atoms with E-state index in [4.69, 9.17) is 9.47 Å². The smallest absolute Gasteiger partial charge is 0.302 e. The second-order valence-electron chi connectivity index (χ2n) is 5.21. The summed E-state index contributed by atoms with van der Waals surface area (Å²) in [5, 5.41) is -2.93. The Morgan fingerprint density at radius 2 is 1.95 bits per heavy atom. The van der Waals surface area contributed by atoms with Crippen LogP contribution < -0.4 is 4.74 Å². The Bertz CT molecular complexity index is 552. The fourth-order valence-electron chi connectivity index (χ4n) is 2.21. The van der Waals surface area contributed by atoms with Crippen molar-refractivity contribution in [3.8, 4) is 5.75 Å². The summed E-state index contributed by atoms with van der Waals surface area (Å²) in [4.78, 5) is 0.497. The van der Waals surface area contributed by atoms with Gasteiger partial charge in [0.25, 0.3) is 0 Å². The van der Waals surface area contributed by atoms with Gasteiger partial charge < -0.3 is 9.47 Å². The van der Waals surface area contributed by atoms with Gasteiger partial charge in [-0.2, -0.15) is 8.78 Å². The molecule has 0 amide bonds. The summed E-state index contributed by atoms with van der Waals surface area (Å²) >= 11 is 0.536. The lowest BCUT2D eigenvalue weighted by Gasteiger charge is -2.32. The minimum Gasteiger partial charge on any atom is -0.497 e.